The van der Waals surface area contributed by atoms with Gasteiger partial charge in [-0.3, -0.25) is 14.9 Å². The van der Waals surface area contributed by atoms with Gasteiger partial charge in [0.25, 0.3) is 5.69 Å². The molecular formula is C23H27F2N3O7S. The molecule has 0 saturated carbocycles. The highest BCUT2D eigenvalue weighted by atomic mass is 32.2. The fraction of sp³-hybridized carbons (Fsp3) is 0.391. The van der Waals surface area contributed by atoms with Crippen molar-refractivity contribution in [2.75, 3.05) is 0 Å². The van der Waals surface area contributed by atoms with Crippen LogP contribution >= 0.6 is 0 Å². The van der Waals surface area contributed by atoms with Gasteiger partial charge in [-0.1, -0.05) is 12.1 Å². The number of carbonyl (C=O) groups excluding carboxylic acids is 2. The highest BCUT2D eigenvalue weighted by Gasteiger charge is 2.33. The van der Waals surface area contributed by atoms with Gasteiger partial charge in [-0.15, -0.1) is 0 Å². The summed E-state index contributed by atoms with van der Waals surface area (Å²) in [5.41, 5.74) is -1.85. The Hall–Kier alpha value is -3.45. The normalized spacial score (nSPS) is 13.5. The molecule has 0 saturated heterocycles. The van der Waals surface area contributed by atoms with Crippen molar-refractivity contribution in [1.82, 2.24) is 10.0 Å². The van der Waals surface area contributed by atoms with Gasteiger partial charge in [0.15, 0.2) is 4.90 Å². The maximum atomic E-state index is 14.4. The summed E-state index contributed by atoms with van der Waals surface area (Å²) in [5.74, 6) is -3.88. The van der Waals surface area contributed by atoms with E-state index in [1.54, 1.807) is 20.8 Å². The minimum atomic E-state index is -4.53. The average molecular weight is 528 g/mol. The summed E-state index contributed by atoms with van der Waals surface area (Å²) in [6.07, 6.45) is -0.609. The number of halogens is 2. The first-order valence-corrected chi connectivity index (χ1v) is 12.2. The van der Waals surface area contributed by atoms with Crippen LogP contribution in [0.1, 0.15) is 38.8 Å². The molecule has 196 valence electrons. The molecule has 0 aromatic heterocycles. The molecule has 2 N–H and O–H groups in total. The van der Waals surface area contributed by atoms with Crippen LogP contribution in [-0.2, 0) is 30.8 Å². The molecule has 2 aromatic rings. The van der Waals surface area contributed by atoms with Crippen LogP contribution in [0, 0.1) is 28.7 Å². The van der Waals surface area contributed by atoms with Crippen LogP contribution in [0.5, 0.6) is 0 Å². The van der Waals surface area contributed by atoms with Gasteiger partial charge in [-0.25, -0.2) is 22.0 Å². The van der Waals surface area contributed by atoms with Crippen LogP contribution in [0.3, 0.4) is 0 Å². The maximum absolute atomic E-state index is 14.4. The predicted molar refractivity (Wildman–Crippen MR) is 125 cm³/mol. The predicted octanol–water partition coefficient (Wildman–Crippen LogP) is 2.92. The highest BCUT2D eigenvalue weighted by Crippen LogP contribution is 2.23. The fourth-order valence-electron chi connectivity index (χ4n) is 3.18. The Morgan fingerprint density at radius 3 is 2.22 bits per heavy atom. The summed E-state index contributed by atoms with van der Waals surface area (Å²) in [4.78, 5) is 35.2. The minimum absolute atomic E-state index is 0.310. The van der Waals surface area contributed by atoms with Crippen LogP contribution in [-0.4, -0.2) is 42.9 Å². The van der Waals surface area contributed by atoms with Crippen molar-refractivity contribution >= 4 is 27.6 Å². The summed E-state index contributed by atoms with van der Waals surface area (Å²) in [5, 5.41) is 13.5. The standard InChI is InChI=1S/C23H27F2N3O7S/c1-13-10-16(24)15(17(25)11-13)12-18(22(30)35-23(3,4)5)26-21(29)14(2)27-36(33,34)20-9-7-6-8-19(20)28(31)32/h6-11,14,18,27H,12H2,1-5H3,(H,26,29)/t14-,18-/m0/s1. The first-order chi connectivity index (χ1) is 16.5. The number of aryl methyl sites for hydroxylation is 1. The summed E-state index contributed by atoms with van der Waals surface area (Å²) >= 11 is 0. The molecule has 2 rings (SSSR count). The van der Waals surface area contributed by atoms with Gasteiger partial charge < -0.3 is 10.1 Å². The third-order valence-corrected chi connectivity index (χ3v) is 6.37. The second-order valence-corrected chi connectivity index (χ2v) is 10.8. The lowest BCUT2D eigenvalue weighted by molar-refractivity contribution is -0.387. The third-order valence-electron chi connectivity index (χ3n) is 4.78. The summed E-state index contributed by atoms with van der Waals surface area (Å²) in [7, 11) is -4.53. The van der Waals surface area contributed by atoms with Gasteiger partial charge in [0.05, 0.1) is 11.0 Å². The van der Waals surface area contributed by atoms with E-state index in [9.17, 15) is 36.9 Å². The lowest BCUT2D eigenvalue weighted by atomic mass is 10.0. The van der Waals surface area contributed by atoms with Crippen molar-refractivity contribution in [3.05, 3.63) is 69.3 Å². The average Bonchev–Trinajstić information content (AvgIpc) is 2.73. The van der Waals surface area contributed by atoms with Gasteiger partial charge in [-0.2, -0.15) is 4.72 Å². The second-order valence-electron chi connectivity index (χ2n) is 9.07. The zero-order valence-corrected chi connectivity index (χ0v) is 21.1. The van der Waals surface area contributed by atoms with Gasteiger partial charge in [-0.05, 0) is 58.4 Å². The number of benzene rings is 2. The number of ether oxygens (including phenoxy) is 1. The molecule has 0 fully saturated rings. The Balaban J connectivity index is 2.30. The van der Waals surface area contributed by atoms with Crippen LogP contribution in [0.4, 0.5) is 14.5 Å². The molecule has 0 aliphatic heterocycles. The molecule has 0 bridgehead atoms. The van der Waals surface area contributed by atoms with Crippen molar-refractivity contribution in [2.24, 2.45) is 0 Å². The highest BCUT2D eigenvalue weighted by molar-refractivity contribution is 7.89. The zero-order chi connectivity index (χ0) is 27.4. The number of hydrogen-bond donors (Lipinski definition) is 2. The van der Waals surface area contributed by atoms with Gasteiger partial charge >= 0.3 is 5.97 Å². The topological polar surface area (TPSA) is 145 Å². The number of nitro groups is 1. The van der Waals surface area contributed by atoms with Crippen molar-refractivity contribution in [3.8, 4) is 0 Å². The van der Waals surface area contributed by atoms with Crippen molar-refractivity contribution in [3.63, 3.8) is 0 Å². The fourth-order valence-corrected chi connectivity index (χ4v) is 4.55. The first kappa shape index (κ1) is 28.8. The number of sulfonamides is 1. The lowest BCUT2D eigenvalue weighted by Crippen LogP contribution is -2.52. The molecule has 36 heavy (non-hydrogen) atoms. The van der Waals surface area contributed by atoms with E-state index in [1.165, 1.54) is 19.1 Å². The number of rotatable bonds is 9. The van der Waals surface area contributed by atoms with E-state index in [0.717, 1.165) is 31.2 Å². The number of carbonyl (C=O) groups is 2. The van der Waals surface area contributed by atoms with Crippen LogP contribution in [0.25, 0.3) is 0 Å². The quantitative estimate of drug-likeness (QED) is 0.290. The van der Waals surface area contributed by atoms with Crippen LogP contribution in [0.15, 0.2) is 41.3 Å². The number of esters is 1. The molecule has 0 heterocycles. The molecular weight excluding hydrogens is 500 g/mol. The lowest BCUT2D eigenvalue weighted by Gasteiger charge is -2.26. The van der Waals surface area contributed by atoms with E-state index in [-0.39, 0.29) is 0 Å². The first-order valence-electron chi connectivity index (χ1n) is 10.8. The molecule has 2 atom stereocenters. The van der Waals surface area contributed by atoms with E-state index in [1.807, 2.05) is 4.72 Å². The van der Waals surface area contributed by atoms with E-state index < -0.39 is 78.7 Å². The number of amides is 1. The number of nitrogens with one attached hydrogen (secondary N) is 2. The van der Waals surface area contributed by atoms with Crippen LogP contribution < -0.4 is 10.0 Å². The van der Waals surface area contributed by atoms with Gasteiger partial charge in [0, 0.05) is 18.1 Å². The summed E-state index contributed by atoms with van der Waals surface area (Å²) < 4.78 is 61.5. The van der Waals surface area contributed by atoms with Crippen molar-refractivity contribution < 1.29 is 36.4 Å². The molecule has 2 aromatic carbocycles. The number of nitro benzene ring substituents is 1. The van der Waals surface area contributed by atoms with Crippen molar-refractivity contribution in [1.29, 1.82) is 0 Å². The Bertz CT molecular complexity index is 1250. The molecule has 10 nitrogen and oxygen atoms in total. The zero-order valence-electron chi connectivity index (χ0n) is 20.3. The number of nitrogens with zero attached hydrogens (tertiary/aromatic N) is 1. The smallest absolute Gasteiger partial charge is 0.329 e. The van der Waals surface area contributed by atoms with E-state index in [4.69, 9.17) is 4.74 Å². The molecule has 0 spiro atoms. The summed E-state index contributed by atoms with van der Waals surface area (Å²) in [6.45, 7) is 7.29. The molecule has 0 unspecified atom stereocenters. The Morgan fingerprint density at radius 2 is 1.69 bits per heavy atom. The Kier molecular flexibility index (Phi) is 8.86. The molecule has 0 aliphatic carbocycles. The van der Waals surface area contributed by atoms with E-state index in [2.05, 4.69) is 5.32 Å². The second kappa shape index (κ2) is 11.1. The van der Waals surface area contributed by atoms with E-state index >= 15 is 0 Å². The Labute approximate surface area is 207 Å². The molecule has 0 radical (unpaired) electrons. The monoisotopic (exact) mass is 527 g/mol. The van der Waals surface area contributed by atoms with Gasteiger partial charge in [0.2, 0.25) is 15.9 Å². The minimum Gasteiger partial charge on any atom is -0.458 e. The third kappa shape index (κ3) is 7.52. The largest absolute Gasteiger partial charge is 0.458 e. The number of para-hydroxylation sites is 1. The Morgan fingerprint density at radius 1 is 1.14 bits per heavy atom. The maximum Gasteiger partial charge on any atom is 0.329 e. The van der Waals surface area contributed by atoms with Gasteiger partial charge in [0.1, 0.15) is 23.3 Å². The molecule has 13 heteroatoms. The van der Waals surface area contributed by atoms with Crippen molar-refractivity contribution in [2.45, 2.75) is 63.6 Å². The SMILES string of the molecule is Cc1cc(F)c(C[C@H](NC(=O)[C@H](C)NS(=O)(=O)c2ccccc2[N+](=O)[O-])C(=O)OC(C)(C)C)c(F)c1. The van der Waals surface area contributed by atoms with Crippen LogP contribution in [0.2, 0.25) is 0 Å². The number of hydrogen-bond acceptors (Lipinski definition) is 7. The van der Waals surface area contributed by atoms with E-state index in [0.29, 0.717) is 5.56 Å². The molecule has 1 amide bonds. The molecule has 0 aliphatic rings. The summed E-state index contributed by atoms with van der Waals surface area (Å²) in [6, 6.07) is 3.58.